The number of hydrogen-bond donors (Lipinski definition) is 0. The highest BCUT2D eigenvalue weighted by Gasteiger charge is 2.25. The molecule has 0 amide bonds. The van der Waals surface area contributed by atoms with Crippen molar-refractivity contribution in [3.8, 4) is 107 Å². The Labute approximate surface area is 349 Å². The fourth-order valence-corrected chi connectivity index (χ4v) is 8.70. The molecule has 9 aromatic carbocycles. The standard InChI is InChI=1S/C57H35N3/c58-36-37-15-17-42(18-16-37)47-31-33-51-49-13-7-8-14-50(49)52-34-32-48(55(47)56(51)52)43-27-23-40(24-28-43)38-19-21-39(22-20-38)41-25-29-46(30-26-41)57-59-53(44-9-3-1-4-10-44)35-54(60-57)45-11-5-2-6-12-45/h1-35H. The number of nitriles is 1. The second-order valence-electron chi connectivity index (χ2n) is 15.2. The highest BCUT2D eigenvalue weighted by Crippen LogP contribution is 2.52. The molecule has 278 valence electrons. The van der Waals surface area contributed by atoms with Crippen LogP contribution in [0, 0.1) is 11.3 Å². The van der Waals surface area contributed by atoms with Crippen LogP contribution >= 0.6 is 0 Å². The first-order chi connectivity index (χ1) is 29.7. The van der Waals surface area contributed by atoms with Gasteiger partial charge in [-0.15, -0.1) is 0 Å². The monoisotopic (exact) mass is 761 g/mol. The van der Waals surface area contributed by atoms with Gasteiger partial charge in [0.2, 0.25) is 0 Å². The Balaban J connectivity index is 0.896. The predicted octanol–water partition coefficient (Wildman–Crippen LogP) is 14.8. The van der Waals surface area contributed by atoms with E-state index in [1.54, 1.807) is 0 Å². The molecule has 1 aliphatic rings. The highest BCUT2D eigenvalue weighted by atomic mass is 14.9. The summed E-state index contributed by atoms with van der Waals surface area (Å²) < 4.78 is 0. The van der Waals surface area contributed by atoms with E-state index in [9.17, 15) is 5.26 Å². The molecule has 0 N–H and O–H groups in total. The number of fused-ring (bicyclic) bond motifs is 3. The number of rotatable bonds is 7. The van der Waals surface area contributed by atoms with Crippen LogP contribution in [-0.2, 0) is 0 Å². The molecule has 0 saturated heterocycles. The SMILES string of the molecule is N#Cc1ccc(-c2ccc3c4c(ccc(-c5ccc(-c6ccc(-c7ccc(-c8nc(-c9ccccc9)cc(-c9ccccc9)n8)cc7)cc6)cc5)c24)-c2ccccc2-3)cc1. The summed E-state index contributed by atoms with van der Waals surface area (Å²) in [6.07, 6.45) is 0. The molecule has 10 aromatic rings. The molecule has 0 unspecified atom stereocenters. The molecule has 3 nitrogen and oxygen atoms in total. The quantitative estimate of drug-likeness (QED) is 0.162. The predicted molar refractivity (Wildman–Crippen MR) is 247 cm³/mol. The van der Waals surface area contributed by atoms with Gasteiger partial charge in [0.05, 0.1) is 23.0 Å². The number of aromatic nitrogens is 2. The molecule has 0 aliphatic heterocycles. The van der Waals surface area contributed by atoms with E-state index in [4.69, 9.17) is 9.97 Å². The first kappa shape index (κ1) is 35.0. The van der Waals surface area contributed by atoms with E-state index in [0.717, 1.165) is 55.9 Å². The summed E-state index contributed by atoms with van der Waals surface area (Å²) in [5.74, 6) is 0.702. The fraction of sp³-hybridized carbons (Fsp3) is 0. The van der Waals surface area contributed by atoms with Crippen molar-refractivity contribution in [3.05, 3.63) is 218 Å². The molecule has 60 heavy (non-hydrogen) atoms. The summed E-state index contributed by atoms with van der Waals surface area (Å²) in [5, 5.41) is 12.0. The third-order valence-electron chi connectivity index (χ3n) is 11.7. The smallest absolute Gasteiger partial charge is 0.160 e. The summed E-state index contributed by atoms with van der Waals surface area (Å²) in [7, 11) is 0. The maximum atomic E-state index is 9.48. The third kappa shape index (κ3) is 6.16. The molecule has 0 fully saturated rings. The highest BCUT2D eigenvalue weighted by molar-refractivity contribution is 6.22. The van der Waals surface area contributed by atoms with Crippen molar-refractivity contribution >= 4 is 10.8 Å². The molecular formula is C57H35N3. The van der Waals surface area contributed by atoms with Gasteiger partial charge in [0, 0.05) is 16.7 Å². The second kappa shape index (κ2) is 14.6. The largest absolute Gasteiger partial charge is 0.228 e. The maximum Gasteiger partial charge on any atom is 0.160 e. The Morgan fingerprint density at radius 1 is 0.283 bits per heavy atom. The van der Waals surface area contributed by atoms with Gasteiger partial charge in [-0.25, -0.2) is 9.97 Å². The van der Waals surface area contributed by atoms with Crippen LogP contribution in [0.3, 0.4) is 0 Å². The van der Waals surface area contributed by atoms with Gasteiger partial charge in [0.1, 0.15) is 0 Å². The average molecular weight is 762 g/mol. The first-order valence-electron chi connectivity index (χ1n) is 20.2. The van der Waals surface area contributed by atoms with E-state index in [1.807, 2.05) is 48.5 Å². The van der Waals surface area contributed by atoms with Crippen molar-refractivity contribution in [1.82, 2.24) is 9.97 Å². The zero-order valence-corrected chi connectivity index (χ0v) is 32.5. The molecule has 1 heterocycles. The van der Waals surface area contributed by atoms with Crippen molar-refractivity contribution in [3.63, 3.8) is 0 Å². The molecule has 0 saturated carbocycles. The normalized spacial score (nSPS) is 11.3. The molecule has 11 rings (SSSR count). The van der Waals surface area contributed by atoms with Crippen LogP contribution in [0.15, 0.2) is 212 Å². The Morgan fingerprint density at radius 3 is 1.07 bits per heavy atom. The summed E-state index contributed by atoms with van der Waals surface area (Å²) in [5.41, 5.74) is 19.9. The van der Waals surface area contributed by atoms with Gasteiger partial charge >= 0.3 is 0 Å². The molecule has 3 heteroatoms. The lowest BCUT2D eigenvalue weighted by Crippen LogP contribution is -1.95. The van der Waals surface area contributed by atoms with Crippen molar-refractivity contribution in [2.45, 2.75) is 0 Å². The average Bonchev–Trinajstić information content (AvgIpc) is 3.66. The molecule has 0 atom stereocenters. The van der Waals surface area contributed by atoms with Crippen LogP contribution in [0.4, 0.5) is 0 Å². The summed E-state index contributed by atoms with van der Waals surface area (Å²) in [6.45, 7) is 0. The maximum absolute atomic E-state index is 9.48. The van der Waals surface area contributed by atoms with Crippen molar-refractivity contribution < 1.29 is 0 Å². The van der Waals surface area contributed by atoms with Gasteiger partial charge in [0.15, 0.2) is 5.82 Å². The lowest BCUT2D eigenvalue weighted by molar-refractivity contribution is 1.18. The van der Waals surface area contributed by atoms with Gasteiger partial charge in [-0.1, -0.05) is 194 Å². The van der Waals surface area contributed by atoms with Gasteiger partial charge in [-0.2, -0.15) is 5.26 Å². The molecule has 0 bridgehead atoms. The lowest BCUT2D eigenvalue weighted by Gasteiger charge is -2.15. The van der Waals surface area contributed by atoms with Gasteiger partial charge in [-0.05, 0) is 95.7 Å². The van der Waals surface area contributed by atoms with E-state index in [2.05, 4.69) is 170 Å². The Bertz CT molecular complexity index is 3170. The topological polar surface area (TPSA) is 49.6 Å². The van der Waals surface area contributed by atoms with Crippen LogP contribution in [-0.4, -0.2) is 9.97 Å². The zero-order valence-electron chi connectivity index (χ0n) is 32.5. The fourth-order valence-electron chi connectivity index (χ4n) is 8.70. The van der Waals surface area contributed by atoms with E-state index >= 15 is 0 Å². The van der Waals surface area contributed by atoms with Crippen molar-refractivity contribution in [2.75, 3.05) is 0 Å². The third-order valence-corrected chi connectivity index (χ3v) is 11.7. The minimum absolute atomic E-state index is 0.660. The summed E-state index contributed by atoms with van der Waals surface area (Å²) in [6, 6.07) is 76.9. The van der Waals surface area contributed by atoms with Gasteiger partial charge < -0.3 is 0 Å². The first-order valence-corrected chi connectivity index (χ1v) is 20.2. The summed E-state index contributed by atoms with van der Waals surface area (Å²) >= 11 is 0. The van der Waals surface area contributed by atoms with Crippen molar-refractivity contribution in [1.29, 1.82) is 5.26 Å². The van der Waals surface area contributed by atoms with Gasteiger partial charge in [0.25, 0.3) is 0 Å². The molecule has 0 radical (unpaired) electrons. The second-order valence-corrected chi connectivity index (χ2v) is 15.2. The van der Waals surface area contributed by atoms with E-state index in [0.29, 0.717) is 11.4 Å². The molecule has 1 aliphatic carbocycles. The van der Waals surface area contributed by atoms with Crippen LogP contribution in [0.1, 0.15) is 5.56 Å². The lowest BCUT2D eigenvalue weighted by atomic mass is 9.88. The minimum Gasteiger partial charge on any atom is -0.228 e. The van der Waals surface area contributed by atoms with E-state index < -0.39 is 0 Å². The van der Waals surface area contributed by atoms with E-state index in [1.165, 1.54) is 49.7 Å². The Hall–Kier alpha value is -8.19. The Kier molecular flexibility index (Phi) is 8.54. The van der Waals surface area contributed by atoms with Crippen LogP contribution < -0.4 is 0 Å². The molecule has 0 spiro atoms. The summed E-state index contributed by atoms with van der Waals surface area (Å²) in [4.78, 5) is 10.0. The molecular weight excluding hydrogens is 727 g/mol. The number of benzene rings is 9. The number of hydrogen-bond acceptors (Lipinski definition) is 3. The van der Waals surface area contributed by atoms with Crippen LogP contribution in [0.25, 0.3) is 111 Å². The van der Waals surface area contributed by atoms with Gasteiger partial charge in [-0.3, -0.25) is 0 Å². The zero-order chi connectivity index (χ0) is 40.0. The van der Waals surface area contributed by atoms with Crippen LogP contribution in [0.2, 0.25) is 0 Å². The van der Waals surface area contributed by atoms with Crippen LogP contribution in [0.5, 0.6) is 0 Å². The van der Waals surface area contributed by atoms with Crippen molar-refractivity contribution in [2.24, 2.45) is 0 Å². The number of nitrogens with zero attached hydrogens (tertiary/aromatic N) is 3. The Morgan fingerprint density at radius 2 is 0.633 bits per heavy atom. The van der Waals surface area contributed by atoms with E-state index in [-0.39, 0.29) is 0 Å². The molecule has 1 aromatic heterocycles. The minimum atomic E-state index is 0.660.